The second-order valence-corrected chi connectivity index (χ2v) is 5.61. The molecule has 1 unspecified atom stereocenters. The summed E-state index contributed by atoms with van der Waals surface area (Å²) in [5.74, 6) is 0.302. The lowest BCUT2D eigenvalue weighted by Gasteiger charge is -2.16. The molecule has 0 radical (unpaired) electrons. The predicted molar refractivity (Wildman–Crippen MR) is 93.2 cm³/mol. The third-order valence-electron chi connectivity index (χ3n) is 3.69. The van der Waals surface area contributed by atoms with Crippen molar-refractivity contribution in [2.24, 2.45) is 0 Å². The molecule has 2 aromatic rings. The molecule has 2 aromatic carbocycles. The van der Waals surface area contributed by atoms with E-state index in [9.17, 15) is 18.0 Å². The van der Waals surface area contributed by atoms with E-state index in [2.05, 4.69) is 10.1 Å². The SMILES string of the molecule is CCOc1ccc(C(=O)NC(C)c2ccc(OC(F)(F)F)cc2)cc1OC. The first-order chi connectivity index (χ1) is 12.7. The van der Waals surface area contributed by atoms with Gasteiger partial charge in [-0.3, -0.25) is 4.79 Å². The van der Waals surface area contributed by atoms with Gasteiger partial charge in [0, 0.05) is 5.56 Å². The van der Waals surface area contributed by atoms with Crippen molar-refractivity contribution < 1.29 is 32.2 Å². The molecule has 0 aromatic heterocycles. The third kappa shape index (κ3) is 5.80. The number of ether oxygens (including phenoxy) is 3. The molecule has 0 saturated heterocycles. The van der Waals surface area contributed by atoms with Gasteiger partial charge in [0.25, 0.3) is 5.91 Å². The summed E-state index contributed by atoms with van der Waals surface area (Å²) in [7, 11) is 1.48. The van der Waals surface area contributed by atoms with Gasteiger partial charge in [0.05, 0.1) is 19.8 Å². The lowest BCUT2D eigenvalue weighted by molar-refractivity contribution is -0.274. The zero-order valence-corrected chi connectivity index (χ0v) is 15.1. The van der Waals surface area contributed by atoms with Crippen LogP contribution in [0.25, 0.3) is 0 Å². The van der Waals surface area contributed by atoms with Crippen molar-refractivity contribution in [2.45, 2.75) is 26.3 Å². The van der Waals surface area contributed by atoms with Gasteiger partial charge in [0.15, 0.2) is 11.5 Å². The van der Waals surface area contributed by atoms with E-state index in [0.29, 0.717) is 29.2 Å². The third-order valence-corrected chi connectivity index (χ3v) is 3.69. The van der Waals surface area contributed by atoms with Crippen LogP contribution in [0.1, 0.15) is 35.8 Å². The van der Waals surface area contributed by atoms with Gasteiger partial charge in [-0.15, -0.1) is 13.2 Å². The van der Waals surface area contributed by atoms with E-state index < -0.39 is 12.4 Å². The number of carbonyl (C=O) groups excluding carboxylic acids is 1. The molecule has 27 heavy (non-hydrogen) atoms. The van der Waals surface area contributed by atoms with Crippen molar-refractivity contribution in [3.63, 3.8) is 0 Å². The van der Waals surface area contributed by atoms with Crippen molar-refractivity contribution in [1.82, 2.24) is 5.32 Å². The van der Waals surface area contributed by atoms with Crippen molar-refractivity contribution in [1.29, 1.82) is 0 Å². The number of halogens is 3. The predicted octanol–water partition coefficient (Wildman–Crippen LogP) is 4.48. The molecule has 2 rings (SSSR count). The van der Waals surface area contributed by atoms with Gasteiger partial charge in [-0.05, 0) is 49.7 Å². The topological polar surface area (TPSA) is 56.8 Å². The first kappa shape index (κ1) is 20.4. The average molecular weight is 383 g/mol. The lowest BCUT2D eigenvalue weighted by Crippen LogP contribution is -2.26. The van der Waals surface area contributed by atoms with Gasteiger partial charge in [-0.2, -0.15) is 0 Å². The van der Waals surface area contributed by atoms with Crippen LogP contribution in [0.15, 0.2) is 42.5 Å². The standard InChI is InChI=1S/C19H20F3NO4/c1-4-26-16-10-7-14(11-17(16)25-3)18(24)23-12(2)13-5-8-15(9-6-13)27-19(20,21)22/h5-12H,4H2,1-3H3,(H,23,24). The second-order valence-electron chi connectivity index (χ2n) is 5.61. The molecule has 0 fully saturated rings. The molecule has 5 nitrogen and oxygen atoms in total. The van der Waals surface area contributed by atoms with E-state index in [1.807, 2.05) is 6.92 Å². The van der Waals surface area contributed by atoms with Crippen LogP contribution in [-0.4, -0.2) is 26.0 Å². The highest BCUT2D eigenvalue weighted by molar-refractivity contribution is 5.95. The minimum atomic E-state index is -4.74. The largest absolute Gasteiger partial charge is 0.573 e. The number of carbonyl (C=O) groups is 1. The Hall–Kier alpha value is -2.90. The summed E-state index contributed by atoms with van der Waals surface area (Å²) in [6, 6.07) is 9.72. The van der Waals surface area contributed by atoms with Gasteiger partial charge >= 0.3 is 6.36 Å². The molecule has 0 aliphatic rings. The number of benzene rings is 2. The van der Waals surface area contributed by atoms with Gasteiger partial charge in [-0.25, -0.2) is 0 Å². The summed E-state index contributed by atoms with van der Waals surface area (Å²) >= 11 is 0. The molecule has 0 saturated carbocycles. The zero-order valence-electron chi connectivity index (χ0n) is 15.1. The normalized spacial score (nSPS) is 12.2. The van der Waals surface area contributed by atoms with Crippen LogP contribution in [-0.2, 0) is 0 Å². The van der Waals surface area contributed by atoms with Gasteiger partial charge in [-0.1, -0.05) is 12.1 Å². The molecule has 146 valence electrons. The van der Waals surface area contributed by atoms with Crippen LogP contribution in [0.3, 0.4) is 0 Å². The first-order valence-corrected chi connectivity index (χ1v) is 8.21. The van der Waals surface area contributed by atoms with Crippen molar-refractivity contribution >= 4 is 5.91 Å². The summed E-state index contributed by atoms with van der Waals surface area (Å²) < 4.78 is 51.1. The highest BCUT2D eigenvalue weighted by Gasteiger charge is 2.31. The molecule has 1 N–H and O–H groups in total. The first-order valence-electron chi connectivity index (χ1n) is 8.21. The van der Waals surface area contributed by atoms with E-state index in [4.69, 9.17) is 9.47 Å². The molecular formula is C19H20F3NO4. The fourth-order valence-corrected chi connectivity index (χ4v) is 2.41. The highest BCUT2D eigenvalue weighted by Crippen LogP contribution is 2.28. The maximum absolute atomic E-state index is 12.4. The molecule has 0 aliphatic heterocycles. The molecular weight excluding hydrogens is 363 g/mol. The minimum absolute atomic E-state index is 0.318. The van der Waals surface area contributed by atoms with E-state index in [1.165, 1.54) is 31.4 Å². The van der Waals surface area contributed by atoms with Crippen molar-refractivity contribution in [3.8, 4) is 17.2 Å². The van der Waals surface area contributed by atoms with E-state index in [1.54, 1.807) is 25.1 Å². The molecule has 0 heterocycles. The molecule has 8 heteroatoms. The Kier molecular flexibility index (Phi) is 6.55. The minimum Gasteiger partial charge on any atom is -0.493 e. The molecule has 1 atom stereocenters. The fourth-order valence-electron chi connectivity index (χ4n) is 2.41. The van der Waals surface area contributed by atoms with E-state index in [0.717, 1.165) is 0 Å². The number of amides is 1. The molecule has 1 amide bonds. The number of alkyl halides is 3. The van der Waals surface area contributed by atoms with Gasteiger partial charge < -0.3 is 19.5 Å². The number of hydrogen-bond acceptors (Lipinski definition) is 4. The monoisotopic (exact) mass is 383 g/mol. The van der Waals surface area contributed by atoms with Crippen LogP contribution in [0.2, 0.25) is 0 Å². The average Bonchev–Trinajstić information content (AvgIpc) is 2.61. The molecule has 0 aliphatic carbocycles. The fraction of sp³-hybridized carbons (Fsp3) is 0.316. The van der Waals surface area contributed by atoms with E-state index >= 15 is 0 Å². The highest BCUT2D eigenvalue weighted by atomic mass is 19.4. The van der Waals surface area contributed by atoms with Crippen molar-refractivity contribution in [3.05, 3.63) is 53.6 Å². The van der Waals surface area contributed by atoms with Crippen LogP contribution >= 0.6 is 0 Å². The Morgan fingerprint density at radius 1 is 1.11 bits per heavy atom. The Morgan fingerprint density at radius 3 is 2.33 bits per heavy atom. The van der Waals surface area contributed by atoms with Gasteiger partial charge in [0.1, 0.15) is 5.75 Å². The van der Waals surface area contributed by atoms with Crippen molar-refractivity contribution in [2.75, 3.05) is 13.7 Å². The summed E-state index contributed by atoms with van der Waals surface area (Å²) in [4.78, 5) is 12.4. The number of methoxy groups -OCH3 is 1. The number of nitrogens with one attached hydrogen (secondary N) is 1. The Morgan fingerprint density at radius 2 is 1.78 bits per heavy atom. The smallest absolute Gasteiger partial charge is 0.493 e. The van der Waals surface area contributed by atoms with Crippen LogP contribution < -0.4 is 19.5 Å². The summed E-state index contributed by atoms with van der Waals surface area (Å²) in [5, 5.41) is 2.78. The Labute approximate surface area is 155 Å². The molecule has 0 spiro atoms. The second kappa shape index (κ2) is 8.66. The Balaban J connectivity index is 2.06. The summed E-state index contributed by atoms with van der Waals surface area (Å²) in [6.07, 6.45) is -4.74. The maximum Gasteiger partial charge on any atom is 0.573 e. The Bertz CT molecular complexity index is 776. The quantitative estimate of drug-likeness (QED) is 0.766. The van der Waals surface area contributed by atoms with Crippen LogP contribution in [0.5, 0.6) is 17.2 Å². The number of rotatable bonds is 7. The molecule has 0 bridgehead atoms. The number of hydrogen-bond donors (Lipinski definition) is 1. The summed E-state index contributed by atoms with van der Waals surface area (Å²) in [5.41, 5.74) is 1.01. The maximum atomic E-state index is 12.4. The summed E-state index contributed by atoms with van der Waals surface area (Å²) in [6.45, 7) is 4.03. The lowest BCUT2D eigenvalue weighted by atomic mass is 10.1. The zero-order chi connectivity index (χ0) is 20.0. The van der Waals surface area contributed by atoms with Crippen LogP contribution in [0.4, 0.5) is 13.2 Å². The van der Waals surface area contributed by atoms with E-state index in [-0.39, 0.29) is 11.7 Å². The van der Waals surface area contributed by atoms with Crippen LogP contribution in [0, 0.1) is 0 Å². The van der Waals surface area contributed by atoms with Gasteiger partial charge in [0.2, 0.25) is 0 Å².